The molecule has 3 rings (SSSR count). The van der Waals surface area contributed by atoms with Gasteiger partial charge in [-0.15, -0.1) is 0 Å². The van der Waals surface area contributed by atoms with E-state index in [1.165, 1.54) is 41.2 Å². The number of aryl methyl sites for hydroxylation is 2. The van der Waals surface area contributed by atoms with Crippen molar-refractivity contribution in [2.45, 2.75) is 13.8 Å². The number of nitrogens with zero attached hydrogens (tertiary/aromatic N) is 2. The second kappa shape index (κ2) is 6.68. The summed E-state index contributed by atoms with van der Waals surface area (Å²) < 4.78 is 14.4. The lowest BCUT2D eigenvalue weighted by molar-refractivity contribution is 0.101. The number of nitrogens with one attached hydrogen (secondary N) is 1. The number of anilines is 1. The molecule has 1 aromatic heterocycles. The van der Waals surface area contributed by atoms with Gasteiger partial charge in [-0.05, 0) is 61.4 Å². The second-order valence-electron chi connectivity index (χ2n) is 5.70. The van der Waals surface area contributed by atoms with Crippen LogP contribution >= 0.6 is 0 Å². The molecule has 0 bridgehead atoms. The van der Waals surface area contributed by atoms with Crippen molar-refractivity contribution in [2.75, 3.05) is 5.32 Å². The van der Waals surface area contributed by atoms with Gasteiger partial charge < -0.3 is 5.32 Å². The molecule has 1 N–H and O–H groups in total. The first kappa shape index (κ1) is 16.6. The zero-order chi connectivity index (χ0) is 18.0. The minimum atomic E-state index is -0.593. The number of amides is 1. The van der Waals surface area contributed by atoms with Crippen LogP contribution in [0.25, 0.3) is 5.69 Å². The number of carbonyl (C=O) groups is 1. The first-order chi connectivity index (χ1) is 11.9. The first-order valence-corrected chi connectivity index (χ1v) is 7.68. The van der Waals surface area contributed by atoms with Crippen LogP contribution in [0.5, 0.6) is 0 Å². The molecule has 1 amide bonds. The molecule has 5 nitrogen and oxygen atoms in total. The van der Waals surface area contributed by atoms with Crippen molar-refractivity contribution in [1.29, 1.82) is 0 Å². The summed E-state index contributed by atoms with van der Waals surface area (Å²) in [6, 6.07) is 12.3. The van der Waals surface area contributed by atoms with Crippen LogP contribution < -0.4 is 10.7 Å². The summed E-state index contributed by atoms with van der Waals surface area (Å²) in [6.07, 6.45) is 1.43. The van der Waals surface area contributed by atoms with Crippen molar-refractivity contribution < 1.29 is 9.18 Å². The van der Waals surface area contributed by atoms with Crippen LogP contribution in [0.3, 0.4) is 0 Å². The van der Waals surface area contributed by atoms with Crippen molar-refractivity contribution in [3.8, 4) is 5.69 Å². The third kappa shape index (κ3) is 3.63. The van der Waals surface area contributed by atoms with Crippen LogP contribution in [0.15, 0.2) is 59.5 Å². The third-order valence-electron chi connectivity index (χ3n) is 3.88. The first-order valence-electron chi connectivity index (χ1n) is 7.68. The molecule has 0 saturated carbocycles. The smallest absolute Gasteiger partial charge is 0.280 e. The average Bonchev–Trinajstić information content (AvgIpc) is 2.59. The molecule has 0 aliphatic heterocycles. The summed E-state index contributed by atoms with van der Waals surface area (Å²) in [5.41, 5.74) is 2.55. The summed E-state index contributed by atoms with van der Waals surface area (Å²) in [5.74, 6) is -0.970. The molecule has 1 heterocycles. The van der Waals surface area contributed by atoms with Crippen molar-refractivity contribution >= 4 is 11.6 Å². The van der Waals surface area contributed by atoms with Gasteiger partial charge in [-0.2, -0.15) is 5.10 Å². The van der Waals surface area contributed by atoms with Gasteiger partial charge in [-0.1, -0.05) is 6.07 Å². The van der Waals surface area contributed by atoms with Gasteiger partial charge in [0.2, 0.25) is 5.43 Å². The van der Waals surface area contributed by atoms with Crippen LogP contribution in [-0.4, -0.2) is 15.7 Å². The van der Waals surface area contributed by atoms with Gasteiger partial charge in [0, 0.05) is 18.0 Å². The molecule has 0 aliphatic carbocycles. The molecule has 0 aliphatic rings. The van der Waals surface area contributed by atoms with Crippen LogP contribution in [0.2, 0.25) is 0 Å². The van der Waals surface area contributed by atoms with E-state index >= 15 is 0 Å². The minimum absolute atomic E-state index is 0.231. The maximum absolute atomic E-state index is 13.0. The molecule has 25 heavy (non-hydrogen) atoms. The Hall–Kier alpha value is -3.28. The maximum Gasteiger partial charge on any atom is 0.280 e. The molecule has 0 atom stereocenters. The monoisotopic (exact) mass is 337 g/mol. The summed E-state index contributed by atoms with van der Waals surface area (Å²) in [7, 11) is 0. The molecular weight excluding hydrogens is 321 g/mol. The van der Waals surface area contributed by atoms with Gasteiger partial charge in [0.05, 0.1) is 5.69 Å². The SMILES string of the molecule is Cc1ccc(NC(=O)c2nn(-c3ccc(F)cc3)ccc2=O)cc1C. The molecular formula is C19H16FN3O2. The van der Waals surface area contributed by atoms with E-state index in [1.54, 1.807) is 6.07 Å². The second-order valence-corrected chi connectivity index (χ2v) is 5.70. The lowest BCUT2D eigenvalue weighted by atomic mass is 10.1. The number of rotatable bonds is 3. The largest absolute Gasteiger partial charge is 0.320 e. The Kier molecular flexibility index (Phi) is 4.43. The maximum atomic E-state index is 13.0. The number of aromatic nitrogens is 2. The van der Waals surface area contributed by atoms with Gasteiger partial charge in [0.1, 0.15) is 5.82 Å². The number of hydrogen-bond donors (Lipinski definition) is 1. The van der Waals surface area contributed by atoms with Crippen LogP contribution in [0, 0.1) is 19.7 Å². The lowest BCUT2D eigenvalue weighted by Crippen LogP contribution is -2.25. The zero-order valence-corrected chi connectivity index (χ0v) is 13.8. The topological polar surface area (TPSA) is 64.0 Å². The highest BCUT2D eigenvalue weighted by molar-refractivity contribution is 6.02. The highest BCUT2D eigenvalue weighted by Crippen LogP contribution is 2.14. The Bertz CT molecular complexity index is 994. The summed E-state index contributed by atoms with van der Waals surface area (Å²) in [6.45, 7) is 3.91. The summed E-state index contributed by atoms with van der Waals surface area (Å²) in [5, 5.41) is 6.76. The fourth-order valence-corrected chi connectivity index (χ4v) is 2.31. The molecule has 0 radical (unpaired) electrons. The van der Waals surface area contributed by atoms with Crippen LogP contribution in [0.1, 0.15) is 21.6 Å². The van der Waals surface area contributed by atoms with E-state index in [0.717, 1.165) is 11.1 Å². The van der Waals surface area contributed by atoms with Gasteiger partial charge in [0.15, 0.2) is 5.69 Å². The Balaban J connectivity index is 1.91. The summed E-state index contributed by atoms with van der Waals surface area (Å²) in [4.78, 5) is 24.4. The standard InChI is InChI=1S/C19H16FN3O2/c1-12-3-6-15(11-13(12)2)21-19(25)18-17(24)9-10-23(22-18)16-7-4-14(20)5-8-16/h3-11H,1-2H3,(H,21,25). The van der Waals surface area contributed by atoms with Crippen LogP contribution in [0.4, 0.5) is 10.1 Å². The minimum Gasteiger partial charge on any atom is -0.320 e. The van der Waals surface area contributed by atoms with E-state index in [4.69, 9.17) is 0 Å². The van der Waals surface area contributed by atoms with Crippen LogP contribution in [-0.2, 0) is 0 Å². The predicted molar refractivity (Wildman–Crippen MR) is 93.7 cm³/mol. The number of hydrogen-bond acceptors (Lipinski definition) is 3. The molecule has 3 aromatic rings. The zero-order valence-electron chi connectivity index (χ0n) is 13.8. The van der Waals surface area contributed by atoms with E-state index in [-0.39, 0.29) is 11.5 Å². The van der Waals surface area contributed by atoms with Gasteiger partial charge in [-0.3, -0.25) is 9.59 Å². The van der Waals surface area contributed by atoms with E-state index < -0.39 is 11.3 Å². The molecule has 0 fully saturated rings. The Morgan fingerprint density at radius 1 is 1.04 bits per heavy atom. The van der Waals surface area contributed by atoms with E-state index in [0.29, 0.717) is 11.4 Å². The summed E-state index contributed by atoms with van der Waals surface area (Å²) >= 11 is 0. The molecule has 2 aromatic carbocycles. The number of benzene rings is 2. The third-order valence-corrected chi connectivity index (χ3v) is 3.88. The molecule has 0 unspecified atom stereocenters. The van der Waals surface area contributed by atoms with Gasteiger partial charge in [-0.25, -0.2) is 9.07 Å². The van der Waals surface area contributed by atoms with Crippen molar-refractivity contribution in [1.82, 2.24) is 9.78 Å². The molecule has 0 spiro atoms. The van der Waals surface area contributed by atoms with E-state index in [2.05, 4.69) is 10.4 Å². The predicted octanol–water partition coefficient (Wildman–Crippen LogP) is 3.24. The Labute approximate surface area is 143 Å². The van der Waals surface area contributed by atoms with Gasteiger partial charge >= 0.3 is 0 Å². The number of halogens is 1. The highest BCUT2D eigenvalue weighted by Gasteiger charge is 2.14. The Morgan fingerprint density at radius 2 is 1.76 bits per heavy atom. The fraction of sp³-hybridized carbons (Fsp3) is 0.105. The van der Waals surface area contributed by atoms with Gasteiger partial charge in [0.25, 0.3) is 5.91 Å². The molecule has 126 valence electrons. The molecule has 6 heteroatoms. The highest BCUT2D eigenvalue weighted by atomic mass is 19.1. The quantitative estimate of drug-likeness (QED) is 0.798. The van der Waals surface area contributed by atoms with Crippen molar-refractivity contribution in [3.63, 3.8) is 0 Å². The normalized spacial score (nSPS) is 10.5. The van der Waals surface area contributed by atoms with E-state index in [1.807, 2.05) is 26.0 Å². The lowest BCUT2D eigenvalue weighted by Gasteiger charge is -2.09. The molecule has 0 saturated heterocycles. The fourth-order valence-electron chi connectivity index (χ4n) is 2.31. The van der Waals surface area contributed by atoms with Crippen molar-refractivity contribution in [3.05, 3.63) is 87.6 Å². The van der Waals surface area contributed by atoms with E-state index in [9.17, 15) is 14.0 Å². The Morgan fingerprint density at radius 3 is 2.44 bits per heavy atom. The number of carbonyl (C=O) groups excluding carboxylic acids is 1. The van der Waals surface area contributed by atoms with Crippen molar-refractivity contribution in [2.24, 2.45) is 0 Å². The average molecular weight is 337 g/mol.